The van der Waals surface area contributed by atoms with E-state index in [4.69, 9.17) is 9.47 Å². The molecule has 0 aliphatic carbocycles. The molecule has 1 aromatic rings. The molecule has 1 amide bonds. The first kappa shape index (κ1) is 16.1. The molecule has 0 unspecified atom stereocenters. The first-order valence-corrected chi connectivity index (χ1v) is 8.21. The quantitative estimate of drug-likeness (QED) is 0.908. The lowest BCUT2D eigenvalue weighted by Crippen LogP contribution is -2.47. The van der Waals surface area contributed by atoms with Gasteiger partial charge in [0, 0.05) is 30.9 Å². The van der Waals surface area contributed by atoms with Gasteiger partial charge in [0.2, 0.25) is 0 Å². The van der Waals surface area contributed by atoms with Gasteiger partial charge in [-0.3, -0.25) is 0 Å². The predicted molar refractivity (Wildman–Crippen MR) is 87.2 cm³/mol. The summed E-state index contributed by atoms with van der Waals surface area (Å²) in [5, 5.41) is 3.49. The van der Waals surface area contributed by atoms with Crippen molar-refractivity contribution < 1.29 is 14.3 Å². The van der Waals surface area contributed by atoms with Crippen LogP contribution in [-0.4, -0.2) is 40.7 Å². The maximum Gasteiger partial charge on any atom is 0.410 e. The third kappa shape index (κ3) is 3.93. The van der Waals surface area contributed by atoms with Gasteiger partial charge in [-0.2, -0.15) is 0 Å². The predicted octanol–water partition coefficient (Wildman–Crippen LogP) is 2.92. The highest BCUT2D eigenvalue weighted by atomic mass is 16.6. The number of carbonyl (C=O) groups excluding carboxylic acids is 1. The Balaban J connectivity index is 1.63. The van der Waals surface area contributed by atoms with Crippen LogP contribution < -0.4 is 5.32 Å². The molecule has 1 atom stereocenters. The van der Waals surface area contributed by atoms with E-state index in [0.717, 1.165) is 30.8 Å². The molecule has 1 aromatic heterocycles. The van der Waals surface area contributed by atoms with Crippen molar-refractivity contribution in [2.24, 2.45) is 0 Å². The summed E-state index contributed by atoms with van der Waals surface area (Å²) in [6, 6.07) is 2.19. The zero-order valence-electron chi connectivity index (χ0n) is 14.1. The number of nitrogens with zero attached hydrogens (tertiary/aromatic N) is 2. The van der Waals surface area contributed by atoms with E-state index in [0.29, 0.717) is 19.8 Å². The van der Waals surface area contributed by atoms with E-state index in [1.54, 1.807) is 4.90 Å². The molecule has 0 aromatic carbocycles. The van der Waals surface area contributed by atoms with Crippen LogP contribution >= 0.6 is 0 Å². The summed E-state index contributed by atoms with van der Waals surface area (Å²) in [5.74, 6) is 0.885. The molecule has 3 heterocycles. The summed E-state index contributed by atoms with van der Waals surface area (Å²) >= 11 is 0. The fraction of sp³-hybridized carbons (Fsp3) is 0.647. The zero-order valence-corrected chi connectivity index (χ0v) is 14.1. The number of ether oxygens (including phenoxy) is 2. The van der Waals surface area contributed by atoms with Gasteiger partial charge in [0.1, 0.15) is 11.4 Å². The van der Waals surface area contributed by atoms with Crippen LogP contribution in [0.4, 0.5) is 10.6 Å². The average molecular weight is 319 g/mol. The standard InChI is InChI=1S/C17H25N3O3/c1-17(2,3)23-16(21)20-8-4-5-13(9-20)19-15-14-11-22-10-12(14)6-7-18-15/h6-7,13H,4-5,8-11H2,1-3H3,(H,18,19)/t13-/m1/s1. The van der Waals surface area contributed by atoms with E-state index in [9.17, 15) is 4.79 Å². The van der Waals surface area contributed by atoms with Crippen LogP contribution in [0, 0.1) is 0 Å². The minimum Gasteiger partial charge on any atom is -0.444 e. The van der Waals surface area contributed by atoms with Crippen LogP contribution in [0.1, 0.15) is 44.7 Å². The van der Waals surface area contributed by atoms with Crippen LogP contribution in [0.3, 0.4) is 0 Å². The molecular formula is C17H25N3O3. The lowest BCUT2D eigenvalue weighted by atomic mass is 10.1. The van der Waals surface area contributed by atoms with Crippen LogP contribution in [0.15, 0.2) is 12.3 Å². The largest absolute Gasteiger partial charge is 0.444 e. The number of likely N-dealkylation sites (tertiary alicyclic amines) is 1. The Labute approximate surface area is 137 Å². The van der Waals surface area contributed by atoms with Gasteiger partial charge in [-0.1, -0.05) is 0 Å². The maximum absolute atomic E-state index is 12.2. The van der Waals surface area contributed by atoms with Crippen molar-refractivity contribution in [1.82, 2.24) is 9.88 Å². The van der Waals surface area contributed by atoms with Crippen molar-refractivity contribution in [3.8, 4) is 0 Å². The Morgan fingerprint density at radius 1 is 1.43 bits per heavy atom. The number of fused-ring (bicyclic) bond motifs is 1. The van der Waals surface area contributed by atoms with Gasteiger partial charge in [0.15, 0.2) is 0 Å². The third-order valence-electron chi connectivity index (χ3n) is 4.07. The van der Waals surface area contributed by atoms with E-state index in [1.807, 2.05) is 33.0 Å². The highest BCUT2D eigenvalue weighted by Gasteiger charge is 2.28. The monoisotopic (exact) mass is 319 g/mol. The molecule has 0 saturated carbocycles. The highest BCUT2D eigenvalue weighted by Crippen LogP contribution is 2.27. The second-order valence-electron chi connectivity index (χ2n) is 7.20. The normalized spacial score (nSPS) is 21.0. The topological polar surface area (TPSA) is 63.7 Å². The molecule has 126 valence electrons. The molecule has 2 aliphatic heterocycles. The Kier molecular flexibility index (Phi) is 4.43. The van der Waals surface area contributed by atoms with E-state index >= 15 is 0 Å². The number of hydrogen-bond acceptors (Lipinski definition) is 5. The van der Waals surface area contributed by atoms with Crippen molar-refractivity contribution in [3.63, 3.8) is 0 Å². The SMILES string of the molecule is CC(C)(C)OC(=O)N1CCC[C@@H](Nc2nccc3c2COC3)C1. The Morgan fingerprint density at radius 2 is 2.26 bits per heavy atom. The molecule has 0 bridgehead atoms. The number of aromatic nitrogens is 1. The van der Waals surface area contributed by atoms with Crippen LogP contribution in [-0.2, 0) is 22.7 Å². The van der Waals surface area contributed by atoms with Crippen LogP contribution in [0.2, 0.25) is 0 Å². The zero-order chi connectivity index (χ0) is 16.4. The fourth-order valence-corrected chi connectivity index (χ4v) is 3.00. The number of pyridine rings is 1. The molecule has 1 N–H and O–H groups in total. The molecule has 6 heteroatoms. The second-order valence-corrected chi connectivity index (χ2v) is 7.20. The number of rotatable bonds is 2. The molecule has 1 saturated heterocycles. The number of amides is 1. The van der Waals surface area contributed by atoms with Gasteiger partial charge in [0.05, 0.1) is 13.2 Å². The van der Waals surface area contributed by atoms with Crippen molar-refractivity contribution in [3.05, 3.63) is 23.4 Å². The van der Waals surface area contributed by atoms with E-state index in [-0.39, 0.29) is 12.1 Å². The van der Waals surface area contributed by atoms with E-state index < -0.39 is 5.60 Å². The number of carbonyl (C=O) groups is 1. The minimum atomic E-state index is -0.462. The average Bonchev–Trinajstić information content (AvgIpc) is 2.95. The van der Waals surface area contributed by atoms with Gasteiger partial charge in [-0.05, 0) is 45.2 Å². The van der Waals surface area contributed by atoms with Crippen LogP contribution in [0.25, 0.3) is 0 Å². The van der Waals surface area contributed by atoms with E-state index in [1.165, 1.54) is 5.56 Å². The van der Waals surface area contributed by atoms with Gasteiger partial charge >= 0.3 is 6.09 Å². The first-order chi connectivity index (χ1) is 10.9. The van der Waals surface area contributed by atoms with Crippen molar-refractivity contribution in [2.45, 2.75) is 58.5 Å². The van der Waals surface area contributed by atoms with Crippen molar-refractivity contribution in [1.29, 1.82) is 0 Å². The number of piperidine rings is 1. The second kappa shape index (κ2) is 6.35. The molecule has 0 radical (unpaired) electrons. The lowest BCUT2D eigenvalue weighted by Gasteiger charge is -2.34. The minimum absolute atomic E-state index is 0.191. The lowest BCUT2D eigenvalue weighted by molar-refractivity contribution is 0.0206. The van der Waals surface area contributed by atoms with Gasteiger partial charge in [-0.15, -0.1) is 0 Å². The Morgan fingerprint density at radius 3 is 3.04 bits per heavy atom. The maximum atomic E-state index is 12.2. The first-order valence-electron chi connectivity index (χ1n) is 8.21. The number of hydrogen-bond donors (Lipinski definition) is 1. The van der Waals surface area contributed by atoms with Gasteiger partial charge in [-0.25, -0.2) is 9.78 Å². The van der Waals surface area contributed by atoms with Gasteiger partial charge in [0.25, 0.3) is 0 Å². The van der Waals surface area contributed by atoms with Crippen molar-refractivity contribution in [2.75, 3.05) is 18.4 Å². The molecule has 6 nitrogen and oxygen atoms in total. The highest BCUT2D eigenvalue weighted by molar-refractivity contribution is 5.68. The Bertz CT molecular complexity index is 583. The fourth-order valence-electron chi connectivity index (χ4n) is 3.00. The molecule has 0 spiro atoms. The van der Waals surface area contributed by atoms with Crippen LogP contribution in [0.5, 0.6) is 0 Å². The summed E-state index contributed by atoms with van der Waals surface area (Å²) in [6.07, 6.45) is 3.55. The smallest absolute Gasteiger partial charge is 0.410 e. The Hall–Kier alpha value is -1.82. The summed E-state index contributed by atoms with van der Waals surface area (Å²) in [7, 11) is 0. The summed E-state index contributed by atoms with van der Waals surface area (Å²) in [4.78, 5) is 18.5. The third-order valence-corrected chi connectivity index (χ3v) is 4.07. The summed E-state index contributed by atoms with van der Waals surface area (Å²) < 4.78 is 11.0. The molecular weight excluding hydrogens is 294 g/mol. The molecule has 1 fully saturated rings. The van der Waals surface area contributed by atoms with Gasteiger partial charge < -0.3 is 19.7 Å². The van der Waals surface area contributed by atoms with E-state index in [2.05, 4.69) is 10.3 Å². The summed E-state index contributed by atoms with van der Waals surface area (Å²) in [6.45, 7) is 8.32. The van der Waals surface area contributed by atoms with Crippen molar-refractivity contribution >= 4 is 11.9 Å². The summed E-state index contributed by atoms with van der Waals surface area (Å²) in [5.41, 5.74) is 1.88. The number of nitrogens with one attached hydrogen (secondary N) is 1. The molecule has 3 rings (SSSR count). The molecule has 2 aliphatic rings. The number of anilines is 1. The molecule has 23 heavy (non-hydrogen) atoms.